The number of rotatable bonds is 11. The minimum atomic E-state index is 0.642. The monoisotopic (exact) mass is 335 g/mol. The second-order valence-corrected chi connectivity index (χ2v) is 5.89. The summed E-state index contributed by atoms with van der Waals surface area (Å²) >= 11 is 0. The molecule has 0 aliphatic rings. The summed E-state index contributed by atoms with van der Waals surface area (Å²) in [6, 6.07) is 8.58. The van der Waals surface area contributed by atoms with E-state index in [1.165, 1.54) is 17.5 Å². The number of guanidine groups is 1. The van der Waals surface area contributed by atoms with Crippen LogP contribution in [-0.2, 0) is 16.0 Å². The number of hydrogen-bond donors (Lipinski definition) is 1. The largest absolute Gasteiger partial charge is 0.379 e. The molecule has 0 spiro atoms. The van der Waals surface area contributed by atoms with E-state index in [9.17, 15) is 0 Å². The molecule has 0 aliphatic carbocycles. The highest BCUT2D eigenvalue weighted by atomic mass is 16.5. The fourth-order valence-electron chi connectivity index (χ4n) is 2.23. The van der Waals surface area contributed by atoms with Crippen LogP contribution < -0.4 is 5.32 Å². The highest BCUT2D eigenvalue weighted by molar-refractivity contribution is 5.79. The Balaban J connectivity index is 2.16. The lowest BCUT2D eigenvalue weighted by Gasteiger charge is -2.22. The van der Waals surface area contributed by atoms with Crippen molar-refractivity contribution in [2.24, 2.45) is 4.99 Å². The quantitative estimate of drug-likeness (QED) is 0.384. The van der Waals surface area contributed by atoms with Gasteiger partial charge in [0.2, 0.25) is 0 Å². The van der Waals surface area contributed by atoms with Crippen LogP contribution in [-0.4, -0.2) is 57.9 Å². The molecule has 136 valence electrons. The van der Waals surface area contributed by atoms with Crippen molar-refractivity contribution in [1.82, 2.24) is 10.2 Å². The van der Waals surface area contributed by atoms with Crippen molar-refractivity contribution in [1.29, 1.82) is 0 Å². The summed E-state index contributed by atoms with van der Waals surface area (Å²) in [6.45, 7) is 8.61. The van der Waals surface area contributed by atoms with Gasteiger partial charge in [-0.3, -0.25) is 4.99 Å². The average Bonchev–Trinajstić information content (AvgIpc) is 2.58. The Morgan fingerprint density at radius 1 is 1.08 bits per heavy atom. The number of nitrogens with one attached hydrogen (secondary N) is 1. The van der Waals surface area contributed by atoms with E-state index in [1.807, 2.05) is 7.05 Å². The number of nitrogens with zero attached hydrogens (tertiary/aromatic N) is 2. The lowest BCUT2D eigenvalue weighted by atomic mass is 10.1. The Labute approximate surface area is 147 Å². The second kappa shape index (κ2) is 12.8. The smallest absolute Gasteiger partial charge is 0.193 e. The molecular weight excluding hydrogens is 302 g/mol. The maximum Gasteiger partial charge on any atom is 0.193 e. The molecule has 0 saturated carbocycles. The molecule has 0 radical (unpaired) electrons. The molecule has 0 aromatic heterocycles. The predicted molar refractivity (Wildman–Crippen MR) is 101 cm³/mol. The lowest BCUT2D eigenvalue weighted by Crippen LogP contribution is -2.40. The highest BCUT2D eigenvalue weighted by Gasteiger charge is 2.06. The molecule has 1 N–H and O–H groups in total. The topological polar surface area (TPSA) is 46.1 Å². The van der Waals surface area contributed by atoms with E-state index in [1.54, 1.807) is 7.05 Å². The summed E-state index contributed by atoms with van der Waals surface area (Å²) in [6.07, 6.45) is 2.28. The lowest BCUT2D eigenvalue weighted by molar-refractivity contribution is 0.0486. The predicted octanol–water partition coefficient (Wildman–Crippen LogP) is 2.84. The molecule has 0 atom stereocenters. The third-order valence-electron chi connectivity index (χ3n) is 3.66. The molecule has 0 amide bonds. The zero-order valence-corrected chi connectivity index (χ0v) is 15.7. The first-order valence-electron chi connectivity index (χ1n) is 8.80. The van der Waals surface area contributed by atoms with Crippen molar-refractivity contribution in [3.63, 3.8) is 0 Å². The molecule has 1 rings (SSSR count). The molecule has 5 heteroatoms. The van der Waals surface area contributed by atoms with Crippen molar-refractivity contribution in [2.45, 2.75) is 33.2 Å². The van der Waals surface area contributed by atoms with Crippen LogP contribution in [0.3, 0.4) is 0 Å². The fourth-order valence-corrected chi connectivity index (χ4v) is 2.23. The van der Waals surface area contributed by atoms with Crippen LogP contribution in [0.25, 0.3) is 0 Å². The van der Waals surface area contributed by atoms with Crippen molar-refractivity contribution in [3.05, 3.63) is 35.4 Å². The average molecular weight is 335 g/mol. The SMILES string of the molecule is CCCCOCCOCCNC(=NC)N(C)Cc1ccc(C)cc1. The Morgan fingerprint density at radius 2 is 1.75 bits per heavy atom. The number of hydrogen-bond acceptors (Lipinski definition) is 3. The van der Waals surface area contributed by atoms with Crippen molar-refractivity contribution < 1.29 is 9.47 Å². The van der Waals surface area contributed by atoms with Crippen LogP contribution in [0.4, 0.5) is 0 Å². The van der Waals surface area contributed by atoms with Crippen LogP contribution in [0.1, 0.15) is 30.9 Å². The second-order valence-electron chi connectivity index (χ2n) is 5.89. The summed E-state index contributed by atoms with van der Waals surface area (Å²) in [5.41, 5.74) is 2.55. The summed E-state index contributed by atoms with van der Waals surface area (Å²) in [4.78, 5) is 6.43. The van der Waals surface area contributed by atoms with Crippen LogP contribution in [0.2, 0.25) is 0 Å². The summed E-state index contributed by atoms with van der Waals surface area (Å²) < 4.78 is 11.0. The molecule has 0 unspecified atom stereocenters. The van der Waals surface area contributed by atoms with E-state index < -0.39 is 0 Å². The molecular formula is C19H33N3O2. The van der Waals surface area contributed by atoms with E-state index in [0.29, 0.717) is 19.8 Å². The van der Waals surface area contributed by atoms with Crippen molar-refractivity contribution >= 4 is 5.96 Å². The Bertz CT molecular complexity index is 460. The van der Waals surface area contributed by atoms with Gasteiger partial charge in [0, 0.05) is 33.8 Å². The number of ether oxygens (including phenoxy) is 2. The van der Waals surface area contributed by atoms with Gasteiger partial charge in [-0.15, -0.1) is 0 Å². The van der Waals surface area contributed by atoms with Gasteiger partial charge in [-0.2, -0.15) is 0 Å². The van der Waals surface area contributed by atoms with Gasteiger partial charge in [-0.25, -0.2) is 0 Å². The first-order valence-corrected chi connectivity index (χ1v) is 8.80. The van der Waals surface area contributed by atoms with Gasteiger partial charge >= 0.3 is 0 Å². The van der Waals surface area contributed by atoms with Crippen LogP contribution in [0.15, 0.2) is 29.3 Å². The van der Waals surface area contributed by atoms with E-state index in [4.69, 9.17) is 9.47 Å². The molecule has 1 aromatic rings. The summed E-state index contributed by atoms with van der Waals surface area (Å²) in [7, 11) is 3.84. The Hall–Kier alpha value is -1.59. The van der Waals surface area contributed by atoms with Gasteiger partial charge in [0.25, 0.3) is 0 Å². The van der Waals surface area contributed by atoms with E-state index in [-0.39, 0.29) is 0 Å². The standard InChI is InChI=1S/C19H33N3O2/c1-5-6-12-23-14-15-24-13-11-21-19(20-3)22(4)16-18-9-7-17(2)8-10-18/h7-10H,5-6,11-16H2,1-4H3,(H,20,21). The first-order chi connectivity index (χ1) is 11.7. The summed E-state index contributed by atoms with van der Waals surface area (Å²) in [5, 5.41) is 3.32. The van der Waals surface area contributed by atoms with Gasteiger partial charge in [0.05, 0.1) is 19.8 Å². The molecule has 5 nitrogen and oxygen atoms in total. The highest BCUT2D eigenvalue weighted by Crippen LogP contribution is 2.05. The van der Waals surface area contributed by atoms with Gasteiger partial charge in [-0.05, 0) is 18.9 Å². The zero-order valence-electron chi connectivity index (χ0n) is 15.7. The van der Waals surface area contributed by atoms with Gasteiger partial charge in [0.15, 0.2) is 5.96 Å². The van der Waals surface area contributed by atoms with Crippen molar-refractivity contribution in [3.8, 4) is 0 Å². The third-order valence-corrected chi connectivity index (χ3v) is 3.66. The Kier molecular flexibility index (Phi) is 10.9. The van der Waals surface area contributed by atoms with Gasteiger partial charge in [0.1, 0.15) is 0 Å². The maximum atomic E-state index is 5.56. The molecule has 0 saturated heterocycles. The fraction of sp³-hybridized carbons (Fsp3) is 0.632. The minimum Gasteiger partial charge on any atom is -0.379 e. The Morgan fingerprint density at radius 3 is 2.38 bits per heavy atom. The van der Waals surface area contributed by atoms with E-state index >= 15 is 0 Å². The zero-order chi connectivity index (χ0) is 17.6. The molecule has 1 aromatic carbocycles. The first kappa shape index (κ1) is 20.5. The van der Waals surface area contributed by atoms with Crippen molar-refractivity contribution in [2.75, 3.05) is 47.1 Å². The molecule has 0 aliphatic heterocycles. The minimum absolute atomic E-state index is 0.642. The normalized spacial score (nSPS) is 11.6. The number of benzene rings is 1. The van der Waals surface area contributed by atoms with E-state index in [0.717, 1.165) is 32.1 Å². The van der Waals surface area contributed by atoms with Crippen LogP contribution >= 0.6 is 0 Å². The third kappa shape index (κ3) is 8.89. The summed E-state index contributed by atoms with van der Waals surface area (Å²) in [5.74, 6) is 0.873. The molecule has 0 heterocycles. The maximum absolute atomic E-state index is 5.56. The van der Waals surface area contributed by atoms with Gasteiger partial charge in [-0.1, -0.05) is 43.2 Å². The number of aryl methyl sites for hydroxylation is 1. The molecule has 0 bridgehead atoms. The molecule has 0 fully saturated rings. The number of unbranched alkanes of at least 4 members (excludes halogenated alkanes) is 1. The number of aliphatic imine (C=N–C) groups is 1. The van der Waals surface area contributed by atoms with E-state index in [2.05, 4.69) is 53.3 Å². The van der Waals surface area contributed by atoms with Crippen LogP contribution in [0.5, 0.6) is 0 Å². The van der Waals surface area contributed by atoms with Gasteiger partial charge < -0.3 is 19.7 Å². The molecule has 24 heavy (non-hydrogen) atoms. The van der Waals surface area contributed by atoms with Crippen LogP contribution in [0, 0.1) is 6.92 Å².